The van der Waals surface area contributed by atoms with Gasteiger partial charge in [0.25, 0.3) is 0 Å². The topological polar surface area (TPSA) is 53.3 Å². The van der Waals surface area contributed by atoms with Gasteiger partial charge in [0.05, 0.1) is 22.8 Å². The van der Waals surface area contributed by atoms with Crippen LogP contribution in [0.5, 0.6) is 0 Å². The van der Waals surface area contributed by atoms with Crippen molar-refractivity contribution in [1.29, 1.82) is 0 Å². The van der Waals surface area contributed by atoms with Crippen molar-refractivity contribution < 1.29 is 0 Å². The number of hydrogen-bond donors (Lipinski definition) is 3. The molecule has 4 heteroatoms. The molecule has 62 heavy (non-hydrogen) atoms. The van der Waals surface area contributed by atoms with Gasteiger partial charge in [-0.3, -0.25) is 0 Å². The van der Waals surface area contributed by atoms with E-state index in [1.54, 1.807) is 0 Å². The first-order chi connectivity index (χ1) is 30.7. The Bertz CT molecular complexity index is 2970. The fourth-order valence-corrected chi connectivity index (χ4v) is 9.91. The Hall–Kier alpha value is -7.66. The van der Waals surface area contributed by atoms with Gasteiger partial charge in [-0.2, -0.15) is 0 Å². The maximum Gasteiger partial charge on any atom is 0.0769 e. The smallest absolute Gasteiger partial charge is 0.0769 e. The Morgan fingerprint density at radius 3 is 1.90 bits per heavy atom. The highest BCUT2D eigenvalue weighted by molar-refractivity contribution is 5.97. The van der Waals surface area contributed by atoms with E-state index in [4.69, 9.17) is 5.73 Å². The third-order valence-corrected chi connectivity index (χ3v) is 12.8. The molecule has 1 unspecified atom stereocenters. The molecule has 11 rings (SSSR count). The van der Waals surface area contributed by atoms with Crippen LogP contribution in [0.15, 0.2) is 230 Å². The van der Waals surface area contributed by atoms with E-state index in [-0.39, 0.29) is 6.04 Å². The van der Waals surface area contributed by atoms with Gasteiger partial charge in [-0.1, -0.05) is 182 Å². The fourth-order valence-electron chi connectivity index (χ4n) is 9.91. The summed E-state index contributed by atoms with van der Waals surface area (Å²) in [5, 5.41) is 7.57. The van der Waals surface area contributed by atoms with Gasteiger partial charge in [-0.15, -0.1) is 0 Å². The van der Waals surface area contributed by atoms with Gasteiger partial charge in [0.1, 0.15) is 0 Å². The largest absolute Gasteiger partial charge is 0.398 e. The SMILES string of the molecule is N/C(=C\C(NCc1ccc(-c2cccc(-c3ccc4c(c3)C3(C5=C4NCC=C5)c4ccccc4N(c4ccccc4)c4ccccc43)c2)cc1)c1ccccc1)c1ccccc1. The van der Waals surface area contributed by atoms with Crippen molar-refractivity contribution >= 4 is 28.5 Å². The first kappa shape index (κ1) is 37.3. The summed E-state index contributed by atoms with van der Waals surface area (Å²) in [5.74, 6) is 0. The normalized spacial score (nSPS) is 15.0. The minimum Gasteiger partial charge on any atom is -0.398 e. The molecule has 0 amide bonds. The Kier molecular flexibility index (Phi) is 9.48. The zero-order valence-corrected chi connectivity index (χ0v) is 34.4. The Morgan fingerprint density at radius 2 is 1.19 bits per heavy atom. The summed E-state index contributed by atoms with van der Waals surface area (Å²) in [6, 6.07) is 74.4. The van der Waals surface area contributed by atoms with Gasteiger partial charge in [0.2, 0.25) is 0 Å². The maximum absolute atomic E-state index is 6.61. The van der Waals surface area contributed by atoms with E-state index in [0.717, 1.165) is 23.5 Å². The lowest BCUT2D eigenvalue weighted by Gasteiger charge is -2.45. The van der Waals surface area contributed by atoms with Crippen molar-refractivity contribution in [3.8, 4) is 22.3 Å². The van der Waals surface area contributed by atoms with Gasteiger partial charge in [-0.05, 0) is 104 Å². The summed E-state index contributed by atoms with van der Waals surface area (Å²) in [5.41, 5.74) is 26.2. The number of rotatable bonds is 9. The van der Waals surface area contributed by atoms with Crippen molar-refractivity contribution in [3.63, 3.8) is 0 Å². The quantitative estimate of drug-likeness (QED) is 0.136. The monoisotopic (exact) mass is 798 g/mol. The molecular weight excluding hydrogens is 753 g/mol. The maximum atomic E-state index is 6.61. The van der Waals surface area contributed by atoms with Crippen molar-refractivity contribution in [2.75, 3.05) is 11.4 Å². The molecule has 1 spiro atoms. The molecule has 0 saturated heterocycles. The van der Waals surface area contributed by atoms with Crippen LogP contribution in [0, 0.1) is 0 Å². The number of benzene rings is 8. The molecule has 4 nitrogen and oxygen atoms in total. The average Bonchev–Trinajstić information content (AvgIpc) is 3.64. The number of nitrogens with one attached hydrogen (secondary N) is 2. The molecule has 3 aliphatic rings. The highest BCUT2D eigenvalue weighted by atomic mass is 15.2. The van der Waals surface area contributed by atoms with Crippen LogP contribution in [-0.2, 0) is 12.0 Å². The number of allylic oxidation sites excluding steroid dienone is 2. The zero-order valence-electron chi connectivity index (χ0n) is 34.4. The number of fused-ring (bicyclic) bond motifs is 8. The molecule has 0 fully saturated rings. The summed E-state index contributed by atoms with van der Waals surface area (Å²) in [6.07, 6.45) is 6.76. The third-order valence-electron chi connectivity index (χ3n) is 12.8. The van der Waals surface area contributed by atoms with Crippen molar-refractivity contribution in [1.82, 2.24) is 10.6 Å². The van der Waals surface area contributed by atoms with Crippen LogP contribution in [0.25, 0.3) is 33.6 Å². The van der Waals surface area contributed by atoms with E-state index < -0.39 is 5.41 Å². The predicted octanol–water partition coefficient (Wildman–Crippen LogP) is 12.9. The van der Waals surface area contributed by atoms with E-state index in [1.165, 1.54) is 78.3 Å². The van der Waals surface area contributed by atoms with Crippen molar-refractivity contribution in [2.24, 2.45) is 5.73 Å². The molecule has 0 radical (unpaired) electrons. The number of nitrogens with zero attached hydrogens (tertiary/aromatic N) is 1. The second-order valence-corrected chi connectivity index (χ2v) is 16.3. The van der Waals surface area contributed by atoms with E-state index in [1.807, 2.05) is 24.3 Å². The van der Waals surface area contributed by atoms with Gasteiger partial charge < -0.3 is 21.3 Å². The highest BCUT2D eigenvalue weighted by Gasteiger charge is 2.52. The molecule has 8 aromatic carbocycles. The first-order valence-corrected chi connectivity index (χ1v) is 21.5. The number of dihydropyridines is 1. The molecule has 4 N–H and O–H groups in total. The summed E-state index contributed by atoms with van der Waals surface area (Å²) >= 11 is 0. The van der Waals surface area contributed by atoms with Gasteiger partial charge in [0.15, 0.2) is 0 Å². The highest BCUT2D eigenvalue weighted by Crippen LogP contribution is 2.63. The Balaban J connectivity index is 0.933. The molecule has 0 bridgehead atoms. The average molecular weight is 799 g/mol. The van der Waals surface area contributed by atoms with Gasteiger partial charge in [-0.25, -0.2) is 0 Å². The Labute approximate surface area is 364 Å². The lowest BCUT2D eigenvalue weighted by Crippen LogP contribution is -2.37. The van der Waals surface area contributed by atoms with E-state index >= 15 is 0 Å². The molecule has 0 aromatic heterocycles. The first-order valence-electron chi connectivity index (χ1n) is 21.5. The van der Waals surface area contributed by atoms with E-state index in [9.17, 15) is 0 Å². The van der Waals surface area contributed by atoms with Crippen LogP contribution in [0.2, 0.25) is 0 Å². The summed E-state index contributed by atoms with van der Waals surface area (Å²) in [6.45, 7) is 1.51. The minimum atomic E-state index is -0.507. The second-order valence-electron chi connectivity index (χ2n) is 16.3. The fraction of sp³-hybridized carbons (Fsp3) is 0.0690. The zero-order chi connectivity index (χ0) is 41.5. The van der Waals surface area contributed by atoms with Crippen LogP contribution in [-0.4, -0.2) is 6.54 Å². The third kappa shape index (κ3) is 6.35. The number of hydrogen-bond acceptors (Lipinski definition) is 4. The Morgan fingerprint density at radius 1 is 0.597 bits per heavy atom. The van der Waals surface area contributed by atoms with Gasteiger partial charge in [0, 0.05) is 35.7 Å². The lowest BCUT2D eigenvalue weighted by atomic mass is 9.63. The molecule has 8 aromatic rings. The van der Waals surface area contributed by atoms with Crippen molar-refractivity contribution in [2.45, 2.75) is 18.0 Å². The van der Waals surface area contributed by atoms with Crippen LogP contribution in [0.3, 0.4) is 0 Å². The van der Waals surface area contributed by atoms with Crippen LogP contribution in [0.1, 0.15) is 45.0 Å². The second kappa shape index (κ2) is 15.7. The summed E-state index contributed by atoms with van der Waals surface area (Å²) in [7, 11) is 0. The molecular formula is C58H46N4. The van der Waals surface area contributed by atoms with Crippen LogP contribution >= 0.6 is 0 Å². The lowest BCUT2D eigenvalue weighted by molar-refractivity contribution is 0.621. The number of para-hydroxylation sites is 3. The minimum absolute atomic E-state index is 0.0369. The van der Waals surface area contributed by atoms with Crippen LogP contribution in [0.4, 0.5) is 17.1 Å². The standard InChI is InChI=1S/C58H46N4/c59-53(42-16-4-1-5-17-42)38-54(43-18-6-2-7-19-43)61-39-40-29-31-41(32-30-40)44-20-14-21-45(36-44)46-33-34-48-52(37-46)58(51-26-15-35-60-57(48)51)49-24-10-12-27-55(49)62(47-22-8-3-9-23-47)56-28-13-11-25-50(56)58/h1-34,36-38,54,60-61H,35,39,59H2/b53-38-. The van der Waals surface area contributed by atoms with E-state index in [0.29, 0.717) is 6.54 Å². The molecule has 298 valence electrons. The summed E-state index contributed by atoms with van der Waals surface area (Å²) in [4.78, 5) is 2.43. The molecule has 1 atom stereocenters. The molecule has 2 aliphatic heterocycles. The van der Waals surface area contributed by atoms with E-state index in [2.05, 4.69) is 216 Å². The molecule has 0 saturated carbocycles. The predicted molar refractivity (Wildman–Crippen MR) is 257 cm³/mol. The molecule has 1 aliphatic carbocycles. The van der Waals surface area contributed by atoms with Crippen LogP contribution < -0.4 is 21.3 Å². The van der Waals surface area contributed by atoms with Crippen molar-refractivity contribution in [3.05, 3.63) is 269 Å². The number of nitrogens with two attached hydrogens (primary N) is 1. The van der Waals surface area contributed by atoms with Gasteiger partial charge >= 0.3 is 0 Å². The molecule has 2 heterocycles. The number of anilines is 3. The summed E-state index contributed by atoms with van der Waals surface area (Å²) < 4.78 is 0.